The molecule has 11 heteroatoms. The summed E-state index contributed by atoms with van der Waals surface area (Å²) in [4.78, 5) is 41.4. The van der Waals surface area contributed by atoms with Gasteiger partial charge in [0.1, 0.15) is 18.1 Å². The number of fused-ring (bicyclic) bond motifs is 1. The van der Waals surface area contributed by atoms with Gasteiger partial charge in [0.15, 0.2) is 11.5 Å². The summed E-state index contributed by atoms with van der Waals surface area (Å²) in [6, 6.07) is 17.5. The minimum Gasteiger partial charge on any atom is -0.504 e. The highest BCUT2D eigenvalue weighted by atomic mass is 16.5. The lowest BCUT2D eigenvalue weighted by Gasteiger charge is -2.33. The number of hydrogen-bond acceptors (Lipinski definition) is 7. The first kappa shape index (κ1) is 28.6. The van der Waals surface area contributed by atoms with Crippen LogP contribution in [0.2, 0.25) is 0 Å². The molecule has 5 rings (SSSR count). The second-order valence-corrected chi connectivity index (χ2v) is 10.4. The van der Waals surface area contributed by atoms with Crippen molar-refractivity contribution in [2.45, 2.75) is 57.7 Å². The highest BCUT2D eigenvalue weighted by molar-refractivity contribution is 6.02. The molecule has 1 aliphatic carbocycles. The summed E-state index contributed by atoms with van der Waals surface area (Å²) in [5.74, 6) is -0.920. The number of nitrogens with one attached hydrogen (secondary N) is 2. The van der Waals surface area contributed by atoms with E-state index in [1.54, 1.807) is 36.4 Å². The molecule has 0 saturated heterocycles. The topological polar surface area (TPSA) is 139 Å². The Hall–Kier alpha value is -4.93. The second kappa shape index (κ2) is 12.7. The molecule has 1 aliphatic rings. The van der Waals surface area contributed by atoms with Crippen LogP contribution in [-0.2, 0) is 20.9 Å². The van der Waals surface area contributed by atoms with Gasteiger partial charge in [-0.05, 0) is 66.9 Å². The van der Waals surface area contributed by atoms with Crippen molar-refractivity contribution in [1.29, 1.82) is 0 Å². The molecule has 42 heavy (non-hydrogen) atoms. The predicted molar refractivity (Wildman–Crippen MR) is 158 cm³/mol. The van der Waals surface area contributed by atoms with Gasteiger partial charge in [0, 0.05) is 24.3 Å². The van der Waals surface area contributed by atoms with Crippen molar-refractivity contribution in [3.63, 3.8) is 0 Å². The summed E-state index contributed by atoms with van der Waals surface area (Å²) >= 11 is 0. The molecule has 0 aliphatic heterocycles. The average molecular weight is 571 g/mol. The molecular formula is C31H34N6O5. The van der Waals surface area contributed by atoms with Crippen molar-refractivity contribution < 1.29 is 24.2 Å². The number of ether oxygens (including phenoxy) is 1. The quantitative estimate of drug-likeness (QED) is 0.272. The van der Waals surface area contributed by atoms with E-state index >= 15 is 0 Å². The van der Waals surface area contributed by atoms with Crippen LogP contribution in [0.5, 0.6) is 11.5 Å². The molecule has 1 heterocycles. The van der Waals surface area contributed by atoms with Crippen molar-refractivity contribution in [3.05, 3.63) is 72.3 Å². The number of carbonyl (C=O) groups is 3. The fourth-order valence-corrected chi connectivity index (χ4v) is 5.41. The molecule has 4 aromatic rings. The van der Waals surface area contributed by atoms with Crippen LogP contribution >= 0.6 is 0 Å². The molecule has 0 radical (unpaired) electrons. The molecule has 1 saturated carbocycles. The number of phenols is 1. The molecule has 3 N–H and O–H groups in total. The van der Waals surface area contributed by atoms with Crippen molar-refractivity contribution in [2.24, 2.45) is 0 Å². The Bertz CT molecular complexity index is 1580. The fraction of sp³-hybridized carbons (Fsp3) is 0.323. The molecule has 0 spiro atoms. The van der Waals surface area contributed by atoms with Crippen LogP contribution in [0.15, 0.2) is 66.7 Å². The molecule has 1 atom stereocenters. The first-order chi connectivity index (χ1) is 20.3. The molecule has 1 fully saturated rings. The highest BCUT2D eigenvalue weighted by Gasteiger charge is 2.35. The Morgan fingerprint density at radius 2 is 1.79 bits per heavy atom. The van der Waals surface area contributed by atoms with Crippen molar-refractivity contribution >= 4 is 40.1 Å². The van der Waals surface area contributed by atoms with Gasteiger partial charge in [-0.15, -0.1) is 5.10 Å². The number of anilines is 2. The first-order valence-electron chi connectivity index (χ1n) is 14.0. The van der Waals surface area contributed by atoms with Gasteiger partial charge in [0.05, 0.1) is 12.6 Å². The number of carbonyl (C=O) groups excluding carboxylic acids is 3. The summed E-state index contributed by atoms with van der Waals surface area (Å²) in [5.41, 5.74) is 2.70. The molecule has 218 valence electrons. The van der Waals surface area contributed by atoms with E-state index in [2.05, 4.69) is 20.9 Å². The standard InChI is InChI=1S/C31H34N6O5/c1-20(38)32-23-13-15-24(16-14-23)37(29(40)19-36-26-11-7-6-10-25(26)34-35-36)30(21-12-17-28(42-2)27(39)18-21)31(41)33-22-8-4-3-5-9-22/h6-7,10-18,22,30,39H,3-5,8-9,19H2,1-2H3,(H,32,38)(H,33,41)/t30-/m0/s1. The Morgan fingerprint density at radius 3 is 2.48 bits per heavy atom. The van der Waals surface area contributed by atoms with Gasteiger partial charge in [-0.25, -0.2) is 4.68 Å². The molecular weight excluding hydrogens is 536 g/mol. The van der Waals surface area contributed by atoms with Crippen LogP contribution in [0.4, 0.5) is 11.4 Å². The van der Waals surface area contributed by atoms with E-state index in [-0.39, 0.29) is 35.9 Å². The van der Waals surface area contributed by atoms with E-state index in [0.717, 1.165) is 32.1 Å². The number of phenolic OH excluding ortho intramolecular Hbond substituents is 1. The summed E-state index contributed by atoms with van der Waals surface area (Å²) < 4.78 is 6.72. The monoisotopic (exact) mass is 570 g/mol. The van der Waals surface area contributed by atoms with Crippen molar-refractivity contribution in [1.82, 2.24) is 20.3 Å². The summed E-state index contributed by atoms with van der Waals surface area (Å²) in [5, 5.41) is 24.9. The van der Waals surface area contributed by atoms with Crippen LogP contribution in [0, 0.1) is 0 Å². The fourth-order valence-electron chi connectivity index (χ4n) is 5.41. The maximum Gasteiger partial charge on any atom is 0.249 e. The second-order valence-electron chi connectivity index (χ2n) is 10.4. The molecule has 11 nitrogen and oxygen atoms in total. The van der Waals surface area contributed by atoms with Gasteiger partial charge in [0.2, 0.25) is 17.7 Å². The number of hydrogen-bond donors (Lipinski definition) is 3. The Balaban J connectivity index is 1.58. The number of aromatic hydroxyl groups is 1. The highest BCUT2D eigenvalue weighted by Crippen LogP contribution is 2.35. The van der Waals surface area contributed by atoms with E-state index in [9.17, 15) is 19.5 Å². The van der Waals surface area contributed by atoms with Gasteiger partial charge in [-0.2, -0.15) is 0 Å². The summed E-state index contributed by atoms with van der Waals surface area (Å²) in [7, 11) is 1.44. The minimum atomic E-state index is -1.13. The van der Waals surface area contributed by atoms with Crippen LogP contribution in [0.3, 0.4) is 0 Å². The predicted octanol–water partition coefficient (Wildman–Crippen LogP) is 4.33. The zero-order valence-electron chi connectivity index (χ0n) is 23.6. The number of para-hydroxylation sites is 1. The molecule has 0 unspecified atom stereocenters. The lowest BCUT2D eigenvalue weighted by Crippen LogP contribution is -2.48. The van der Waals surface area contributed by atoms with Gasteiger partial charge in [-0.1, -0.05) is 42.7 Å². The third kappa shape index (κ3) is 6.35. The largest absolute Gasteiger partial charge is 0.504 e. The maximum absolute atomic E-state index is 14.2. The van der Waals surface area contributed by atoms with Crippen molar-refractivity contribution in [2.75, 3.05) is 17.3 Å². The van der Waals surface area contributed by atoms with E-state index < -0.39 is 11.9 Å². The van der Waals surface area contributed by atoms with Crippen LogP contribution in [0.1, 0.15) is 50.6 Å². The Labute approximate surface area is 243 Å². The zero-order valence-corrected chi connectivity index (χ0v) is 23.6. The summed E-state index contributed by atoms with van der Waals surface area (Å²) in [6.45, 7) is 1.22. The Morgan fingerprint density at radius 1 is 1.05 bits per heavy atom. The molecule has 3 aromatic carbocycles. The van der Waals surface area contributed by atoms with Crippen LogP contribution in [-0.4, -0.2) is 51.0 Å². The molecule has 1 aromatic heterocycles. The normalized spacial score (nSPS) is 14.2. The minimum absolute atomic E-state index is 0.0149. The molecule has 0 bridgehead atoms. The van der Waals surface area contributed by atoms with Gasteiger partial charge in [-0.3, -0.25) is 19.3 Å². The number of amides is 3. The smallest absolute Gasteiger partial charge is 0.249 e. The van der Waals surface area contributed by atoms with E-state index in [1.165, 1.54) is 29.7 Å². The lowest BCUT2D eigenvalue weighted by atomic mass is 9.94. The number of aromatic nitrogens is 3. The summed E-state index contributed by atoms with van der Waals surface area (Å²) in [6.07, 6.45) is 4.88. The maximum atomic E-state index is 14.2. The Kier molecular flexibility index (Phi) is 8.66. The van der Waals surface area contributed by atoms with Crippen molar-refractivity contribution in [3.8, 4) is 11.5 Å². The third-order valence-electron chi connectivity index (χ3n) is 7.42. The van der Waals surface area contributed by atoms with E-state index in [0.29, 0.717) is 28.0 Å². The SMILES string of the molecule is COc1ccc([C@@H](C(=O)NC2CCCCC2)N(C(=O)Cn2nnc3ccccc32)c2ccc(NC(C)=O)cc2)cc1O. The van der Waals surface area contributed by atoms with Crippen LogP contribution in [0.25, 0.3) is 11.0 Å². The van der Waals surface area contributed by atoms with Crippen LogP contribution < -0.4 is 20.3 Å². The van der Waals surface area contributed by atoms with E-state index in [1.807, 2.05) is 24.3 Å². The zero-order chi connectivity index (χ0) is 29.6. The average Bonchev–Trinajstić information content (AvgIpc) is 3.39. The number of benzene rings is 3. The number of rotatable bonds is 9. The van der Waals surface area contributed by atoms with Gasteiger partial charge < -0.3 is 20.5 Å². The third-order valence-corrected chi connectivity index (χ3v) is 7.42. The van der Waals surface area contributed by atoms with Gasteiger partial charge >= 0.3 is 0 Å². The number of nitrogens with zero attached hydrogens (tertiary/aromatic N) is 4. The first-order valence-corrected chi connectivity index (χ1v) is 14.0. The lowest BCUT2D eigenvalue weighted by molar-refractivity contribution is -0.127. The molecule has 3 amide bonds. The van der Waals surface area contributed by atoms with Gasteiger partial charge in [0.25, 0.3) is 0 Å². The van der Waals surface area contributed by atoms with E-state index in [4.69, 9.17) is 4.74 Å². The number of methoxy groups -OCH3 is 1.